The molecule has 0 radical (unpaired) electrons. The lowest BCUT2D eigenvalue weighted by atomic mass is 9.89. The van der Waals surface area contributed by atoms with Gasteiger partial charge in [0, 0.05) is 12.3 Å². The number of carbonyl (C=O) groups is 1. The second kappa shape index (κ2) is 15.0. The van der Waals surface area contributed by atoms with Crippen molar-refractivity contribution in [2.45, 2.75) is 116 Å². The van der Waals surface area contributed by atoms with Gasteiger partial charge in [0.15, 0.2) is 0 Å². The summed E-state index contributed by atoms with van der Waals surface area (Å²) in [6.07, 6.45) is 14.4. The fourth-order valence-electron chi connectivity index (χ4n) is 4.40. The minimum atomic E-state index is -0.259. The molecular weight excluding hydrogens is 352 g/mol. The van der Waals surface area contributed by atoms with E-state index in [0.29, 0.717) is 18.9 Å². The number of unbranched alkanes of at least 4 members (excludes halogenated alkanes) is 4. The molecule has 0 heterocycles. The Labute approximate surface area is 172 Å². The zero-order chi connectivity index (χ0) is 20.8. The largest absolute Gasteiger partial charge is 0.466 e. The molecule has 0 aromatic rings. The smallest absolute Gasteiger partial charge is 0.305 e. The van der Waals surface area contributed by atoms with Crippen LogP contribution in [0.1, 0.15) is 104 Å². The van der Waals surface area contributed by atoms with Gasteiger partial charge in [-0.2, -0.15) is 0 Å². The average Bonchev–Trinajstić information content (AvgIpc) is 3.03. The Bertz CT molecular complexity index is 446. The third-order valence-corrected chi connectivity index (χ3v) is 6.24. The highest BCUT2D eigenvalue weighted by Gasteiger charge is 2.29. The molecule has 0 saturated heterocycles. The van der Waals surface area contributed by atoms with Crippen molar-refractivity contribution >= 4 is 5.97 Å². The number of esters is 1. The normalized spacial score (nSPS) is 23.1. The molecule has 2 N–H and O–H groups in total. The first-order valence-electron chi connectivity index (χ1n) is 11.7. The number of carbonyl (C=O) groups excluding carboxylic acids is 1. The van der Waals surface area contributed by atoms with Gasteiger partial charge in [0.25, 0.3) is 0 Å². The molecule has 0 amide bonds. The van der Waals surface area contributed by atoms with Gasteiger partial charge in [-0.25, -0.2) is 0 Å². The molecule has 2 unspecified atom stereocenters. The van der Waals surface area contributed by atoms with Crippen LogP contribution in [0.15, 0.2) is 11.6 Å². The molecule has 1 saturated carbocycles. The van der Waals surface area contributed by atoms with Gasteiger partial charge in [0.2, 0.25) is 0 Å². The van der Waals surface area contributed by atoms with E-state index in [1.54, 1.807) is 0 Å². The van der Waals surface area contributed by atoms with Crippen molar-refractivity contribution in [1.82, 2.24) is 0 Å². The van der Waals surface area contributed by atoms with E-state index in [1.165, 1.54) is 18.4 Å². The van der Waals surface area contributed by atoms with Crippen LogP contribution in [0.4, 0.5) is 0 Å². The third kappa shape index (κ3) is 9.56. The summed E-state index contributed by atoms with van der Waals surface area (Å²) in [5.41, 5.74) is 1.35. The molecule has 0 aromatic heterocycles. The number of aliphatic hydroxyl groups excluding tert-OH is 2. The van der Waals surface area contributed by atoms with E-state index in [4.69, 9.17) is 4.74 Å². The maximum atomic E-state index is 11.3. The van der Waals surface area contributed by atoms with Crippen molar-refractivity contribution < 1.29 is 19.7 Å². The molecule has 1 aliphatic rings. The summed E-state index contributed by atoms with van der Waals surface area (Å²) in [6.45, 7) is 6.66. The van der Waals surface area contributed by atoms with Gasteiger partial charge in [-0.05, 0) is 51.4 Å². The fraction of sp³-hybridized carbons (Fsp3) is 0.875. The number of ether oxygens (including phenoxy) is 1. The summed E-state index contributed by atoms with van der Waals surface area (Å²) < 4.78 is 4.95. The topological polar surface area (TPSA) is 66.8 Å². The van der Waals surface area contributed by atoms with Gasteiger partial charge >= 0.3 is 5.97 Å². The fourth-order valence-corrected chi connectivity index (χ4v) is 4.40. The van der Waals surface area contributed by atoms with Crippen LogP contribution in [-0.4, -0.2) is 35.0 Å². The van der Waals surface area contributed by atoms with Crippen molar-refractivity contribution in [2.24, 2.45) is 11.8 Å². The van der Waals surface area contributed by atoms with Crippen molar-refractivity contribution in [2.75, 3.05) is 6.61 Å². The molecule has 4 atom stereocenters. The SMILES string of the molecule is CCCCC(CC)C(O)CC=C1CC[C@H](O)[C@@H]1CCCCCCC(=O)OCC. The van der Waals surface area contributed by atoms with E-state index in [-0.39, 0.29) is 24.1 Å². The third-order valence-electron chi connectivity index (χ3n) is 6.24. The zero-order valence-electron chi connectivity index (χ0n) is 18.5. The maximum absolute atomic E-state index is 11.3. The highest BCUT2D eigenvalue weighted by atomic mass is 16.5. The van der Waals surface area contributed by atoms with E-state index < -0.39 is 0 Å². The summed E-state index contributed by atoms with van der Waals surface area (Å²) in [5.74, 6) is 0.552. The summed E-state index contributed by atoms with van der Waals surface area (Å²) in [4.78, 5) is 11.3. The van der Waals surface area contributed by atoms with Crippen LogP contribution in [0.3, 0.4) is 0 Å². The minimum Gasteiger partial charge on any atom is -0.466 e. The second-order valence-electron chi connectivity index (χ2n) is 8.36. The predicted octanol–water partition coefficient (Wildman–Crippen LogP) is 5.55. The van der Waals surface area contributed by atoms with E-state index in [1.807, 2.05) is 6.92 Å². The Balaban J connectivity index is 2.35. The molecule has 28 heavy (non-hydrogen) atoms. The second-order valence-corrected chi connectivity index (χ2v) is 8.36. The standard InChI is InChI=1S/C24H44O4/c1-4-7-12-19(5-2)22(25)17-15-20-16-18-23(26)21(20)13-10-8-9-11-14-24(27)28-6-3/h15,19,21-23,25-26H,4-14,16-18H2,1-3H3/t19?,21-,22?,23+/m1/s1. The van der Waals surface area contributed by atoms with E-state index >= 15 is 0 Å². The molecule has 164 valence electrons. The first-order chi connectivity index (χ1) is 13.5. The average molecular weight is 397 g/mol. The van der Waals surface area contributed by atoms with Gasteiger partial charge in [-0.15, -0.1) is 0 Å². The number of aliphatic hydroxyl groups is 2. The van der Waals surface area contributed by atoms with E-state index in [2.05, 4.69) is 19.9 Å². The summed E-state index contributed by atoms with van der Waals surface area (Å²) in [7, 11) is 0. The van der Waals surface area contributed by atoms with E-state index in [9.17, 15) is 15.0 Å². The summed E-state index contributed by atoms with van der Waals surface area (Å²) >= 11 is 0. The molecule has 0 spiro atoms. The minimum absolute atomic E-state index is 0.0955. The van der Waals surface area contributed by atoms with Crippen LogP contribution in [0.5, 0.6) is 0 Å². The maximum Gasteiger partial charge on any atom is 0.305 e. The van der Waals surface area contributed by atoms with Crippen LogP contribution >= 0.6 is 0 Å². The molecule has 0 bridgehead atoms. The van der Waals surface area contributed by atoms with Crippen LogP contribution in [-0.2, 0) is 9.53 Å². The van der Waals surface area contributed by atoms with Gasteiger partial charge in [0.1, 0.15) is 0 Å². The van der Waals surface area contributed by atoms with E-state index in [0.717, 1.165) is 64.2 Å². The van der Waals surface area contributed by atoms with Gasteiger partial charge < -0.3 is 14.9 Å². The Kier molecular flexibility index (Phi) is 13.5. The lowest BCUT2D eigenvalue weighted by molar-refractivity contribution is -0.143. The summed E-state index contributed by atoms with van der Waals surface area (Å²) in [6, 6.07) is 0. The lowest BCUT2D eigenvalue weighted by Crippen LogP contribution is -2.20. The Morgan fingerprint density at radius 2 is 1.93 bits per heavy atom. The molecular formula is C24H44O4. The summed E-state index contributed by atoms with van der Waals surface area (Å²) in [5, 5.41) is 20.9. The molecule has 4 nitrogen and oxygen atoms in total. The van der Waals surface area contributed by atoms with Crippen LogP contribution in [0.2, 0.25) is 0 Å². The molecule has 1 rings (SSSR count). The van der Waals surface area contributed by atoms with Crippen molar-refractivity contribution in [1.29, 1.82) is 0 Å². The van der Waals surface area contributed by atoms with Crippen molar-refractivity contribution in [3.8, 4) is 0 Å². The molecule has 1 aliphatic carbocycles. The van der Waals surface area contributed by atoms with Crippen LogP contribution in [0.25, 0.3) is 0 Å². The number of hydrogen-bond donors (Lipinski definition) is 2. The van der Waals surface area contributed by atoms with Gasteiger partial charge in [0.05, 0.1) is 18.8 Å². The first kappa shape index (κ1) is 25.2. The molecule has 4 heteroatoms. The highest BCUT2D eigenvalue weighted by Crippen LogP contribution is 2.36. The number of rotatable bonds is 15. The Morgan fingerprint density at radius 1 is 1.18 bits per heavy atom. The van der Waals surface area contributed by atoms with Gasteiger partial charge in [-0.3, -0.25) is 4.79 Å². The number of hydrogen-bond acceptors (Lipinski definition) is 4. The van der Waals surface area contributed by atoms with Crippen molar-refractivity contribution in [3.05, 3.63) is 11.6 Å². The zero-order valence-corrected chi connectivity index (χ0v) is 18.5. The Hall–Kier alpha value is -0.870. The molecule has 0 aliphatic heterocycles. The molecule has 1 fully saturated rings. The first-order valence-corrected chi connectivity index (χ1v) is 11.7. The van der Waals surface area contributed by atoms with Crippen molar-refractivity contribution in [3.63, 3.8) is 0 Å². The monoisotopic (exact) mass is 396 g/mol. The Morgan fingerprint density at radius 3 is 2.61 bits per heavy atom. The van der Waals surface area contributed by atoms with Gasteiger partial charge in [-0.1, -0.05) is 64.0 Å². The quantitative estimate of drug-likeness (QED) is 0.216. The lowest BCUT2D eigenvalue weighted by Gasteiger charge is -2.21. The predicted molar refractivity (Wildman–Crippen MR) is 115 cm³/mol. The van der Waals surface area contributed by atoms with Crippen LogP contribution < -0.4 is 0 Å². The van der Waals surface area contributed by atoms with Crippen LogP contribution in [0, 0.1) is 11.8 Å². The molecule has 0 aromatic carbocycles. The highest BCUT2D eigenvalue weighted by molar-refractivity contribution is 5.69.